The summed E-state index contributed by atoms with van der Waals surface area (Å²) in [7, 11) is 0. The van der Waals surface area contributed by atoms with Gasteiger partial charge in [-0.3, -0.25) is 0 Å². The highest BCUT2D eigenvalue weighted by atomic mass is 16.5. The summed E-state index contributed by atoms with van der Waals surface area (Å²) >= 11 is 0. The minimum absolute atomic E-state index is 0.174. The molecule has 22 heavy (non-hydrogen) atoms. The van der Waals surface area contributed by atoms with Crippen molar-refractivity contribution in [3.63, 3.8) is 0 Å². The maximum Gasteiger partial charge on any atom is 0.338 e. The zero-order valence-electron chi connectivity index (χ0n) is 13.9. The molecule has 0 radical (unpaired) electrons. The Bertz CT molecular complexity index is 642. The van der Waals surface area contributed by atoms with Gasteiger partial charge in [-0.05, 0) is 44.2 Å². The van der Waals surface area contributed by atoms with Crippen LogP contribution in [0.25, 0.3) is 0 Å². The van der Waals surface area contributed by atoms with Gasteiger partial charge in [-0.1, -0.05) is 20.8 Å². The lowest BCUT2D eigenvalue weighted by molar-refractivity contribution is 0.0319. The summed E-state index contributed by atoms with van der Waals surface area (Å²) in [5, 5.41) is 9.46. The lowest BCUT2D eigenvalue weighted by Crippen LogP contribution is -2.43. The lowest BCUT2D eigenvalue weighted by Gasteiger charge is -2.44. The smallest absolute Gasteiger partial charge is 0.338 e. The number of rotatable bonds is 3. The van der Waals surface area contributed by atoms with Gasteiger partial charge in [-0.15, -0.1) is 0 Å². The minimum atomic E-state index is -0.401. The molecule has 0 bridgehead atoms. The summed E-state index contributed by atoms with van der Waals surface area (Å²) in [6.07, 6.45) is 1.70. The van der Waals surface area contributed by atoms with Gasteiger partial charge in [0.15, 0.2) is 0 Å². The van der Waals surface area contributed by atoms with E-state index in [1.807, 2.05) is 6.07 Å². The fraction of sp³-hybridized carbons (Fsp3) is 0.556. The van der Waals surface area contributed by atoms with Crippen molar-refractivity contribution in [3.05, 3.63) is 28.8 Å². The van der Waals surface area contributed by atoms with Crippen molar-refractivity contribution in [1.29, 1.82) is 5.26 Å². The highest BCUT2D eigenvalue weighted by Gasteiger charge is 2.42. The number of fused-ring (bicyclic) bond motifs is 1. The summed E-state index contributed by atoms with van der Waals surface area (Å²) in [5.74, 6) is 0.206. The lowest BCUT2D eigenvalue weighted by atomic mass is 9.71. The molecule has 2 rings (SSSR count). The molecule has 1 atom stereocenters. The molecule has 0 fully saturated rings. The molecule has 0 spiro atoms. The molecule has 1 aromatic rings. The molecule has 1 aliphatic heterocycles. The first-order valence-electron chi connectivity index (χ1n) is 7.71. The molecule has 0 saturated heterocycles. The second-order valence-electron chi connectivity index (χ2n) is 6.70. The van der Waals surface area contributed by atoms with Gasteiger partial charge < -0.3 is 9.47 Å². The molecular formula is C18H23NO3. The summed E-state index contributed by atoms with van der Waals surface area (Å²) < 4.78 is 11.2. The number of nitriles is 1. The van der Waals surface area contributed by atoms with Crippen LogP contribution < -0.4 is 4.74 Å². The Morgan fingerprint density at radius 2 is 2.05 bits per heavy atom. The minimum Gasteiger partial charge on any atom is -0.486 e. The molecule has 0 N–H and O–H groups in total. The average molecular weight is 301 g/mol. The number of ether oxygens (including phenoxy) is 2. The molecule has 118 valence electrons. The van der Waals surface area contributed by atoms with Crippen molar-refractivity contribution in [2.45, 2.75) is 58.5 Å². The summed E-state index contributed by atoms with van der Waals surface area (Å²) in [5.41, 5.74) is 1.24. The quantitative estimate of drug-likeness (QED) is 0.793. The maximum absolute atomic E-state index is 12.0. The Morgan fingerprint density at radius 3 is 2.59 bits per heavy atom. The molecule has 1 aliphatic rings. The Labute approximate surface area is 132 Å². The van der Waals surface area contributed by atoms with Crippen LogP contribution in [0.4, 0.5) is 0 Å². The predicted molar refractivity (Wildman–Crippen MR) is 84.1 cm³/mol. The highest BCUT2D eigenvalue weighted by molar-refractivity contribution is 5.90. The van der Waals surface area contributed by atoms with Crippen LogP contribution in [0.5, 0.6) is 5.75 Å². The van der Waals surface area contributed by atoms with E-state index < -0.39 is 5.97 Å². The first-order valence-corrected chi connectivity index (χ1v) is 7.71. The Balaban J connectivity index is 2.62. The first-order chi connectivity index (χ1) is 10.3. The van der Waals surface area contributed by atoms with Gasteiger partial charge in [0, 0.05) is 5.56 Å². The molecule has 0 saturated carbocycles. The topological polar surface area (TPSA) is 59.3 Å². The van der Waals surface area contributed by atoms with E-state index in [4.69, 9.17) is 9.47 Å². The Morgan fingerprint density at radius 1 is 1.36 bits per heavy atom. The van der Waals surface area contributed by atoms with E-state index in [0.29, 0.717) is 23.5 Å². The van der Waals surface area contributed by atoms with Crippen molar-refractivity contribution in [2.75, 3.05) is 6.61 Å². The van der Waals surface area contributed by atoms with E-state index in [1.54, 1.807) is 13.0 Å². The van der Waals surface area contributed by atoms with E-state index in [9.17, 15) is 10.1 Å². The zero-order chi connectivity index (χ0) is 16.5. The third-order valence-corrected chi connectivity index (χ3v) is 4.36. The Kier molecular flexibility index (Phi) is 4.19. The van der Waals surface area contributed by atoms with Crippen LogP contribution >= 0.6 is 0 Å². The standard InChI is InChI=1S/C18H23NO3/c1-6-18(5)11-17(3,4)14-9-12(16(20)21-7-2)8-13(10-19)15(14)22-18/h8-9H,6-7,11H2,1-5H3. The van der Waals surface area contributed by atoms with Crippen LogP contribution in [0, 0.1) is 11.3 Å². The molecule has 1 aromatic carbocycles. The van der Waals surface area contributed by atoms with Gasteiger partial charge in [0.25, 0.3) is 0 Å². The molecule has 1 unspecified atom stereocenters. The van der Waals surface area contributed by atoms with E-state index in [0.717, 1.165) is 18.4 Å². The van der Waals surface area contributed by atoms with Gasteiger partial charge in [-0.2, -0.15) is 5.26 Å². The van der Waals surface area contributed by atoms with Crippen molar-refractivity contribution in [1.82, 2.24) is 0 Å². The number of nitrogens with zero attached hydrogens (tertiary/aromatic N) is 1. The van der Waals surface area contributed by atoms with Gasteiger partial charge in [0.05, 0.1) is 17.7 Å². The molecule has 0 aromatic heterocycles. The predicted octanol–water partition coefficient (Wildman–Crippen LogP) is 3.96. The number of esters is 1. The van der Waals surface area contributed by atoms with Crippen molar-refractivity contribution in [2.24, 2.45) is 0 Å². The summed E-state index contributed by atoms with van der Waals surface area (Å²) in [6.45, 7) is 10.5. The number of hydrogen-bond acceptors (Lipinski definition) is 4. The molecule has 0 amide bonds. The van der Waals surface area contributed by atoms with Crippen molar-refractivity contribution < 1.29 is 14.3 Å². The largest absolute Gasteiger partial charge is 0.486 e. The van der Waals surface area contributed by atoms with E-state index in [-0.39, 0.29) is 11.0 Å². The number of benzene rings is 1. The first kappa shape index (κ1) is 16.4. The average Bonchev–Trinajstić information content (AvgIpc) is 2.46. The third kappa shape index (κ3) is 2.81. The molecule has 4 nitrogen and oxygen atoms in total. The SMILES string of the molecule is CCOC(=O)c1cc(C#N)c2c(c1)C(C)(C)CC(C)(CC)O2. The Hall–Kier alpha value is -2.02. The maximum atomic E-state index is 12.0. The third-order valence-electron chi connectivity index (χ3n) is 4.36. The zero-order valence-corrected chi connectivity index (χ0v) is 13.9. The van der Waals surface area contributed by atoms with Crippen LogP contribution in [0.15, 0.2) is 12.1 Å². The number of carbonyl (C=O) groups is 1. The van der Waals surface area contributed by atoms with Crippen LogP contribution in [-0.4, -0.2) is 18.2 Å². The normalized spacial score (nSPS) is 22.2. The molecule has 4 heteroatoms. The monoisotopic (exact) mass is 301 g/mol. The van der Waals surface area contributed by atoms with Crippen LogP contribution in [-0.2, 0) is 10.2 Å². The molecule has 1 heterocycles. The van der Waals surface area contributed by atoms with E-state index in [1.165, 1.54) is 0 Å². The fourth-order valence-electron chi connectivity index (χ4n) is 3.17. The van der Waals surface area contributed by atoms with Crippen molar-refractivity contribution >= 4 is 5.97 Å². The van der Waals surface area contributed by atoms with Crippen molar-refractivity contribution in [3.8, 4) is 11.8 Å². The summed E-state index contributed by atoms with van der Waals surface area (Å²) in [4.78, 5) is 12.0. The highest BCUT2D eigenvalue weighted by Crippen LogP contribution is 2.47. The number of hydrogen-bond donors (Lipinski definition) is 0. The van der Waals surface area contributed by atoms with Crippen LogP contribution in [0.1, 0.15) is 68.9 Å². The van der Waals surface area contributed by atoms with Crippen LogP contribution in [0.2, 0.25) is 0 Å². The van der Waals surface area contributed by atoms with Gasteiger partial charge >= 0.3 is 5.97 Å². The van der Waals surface area contributed by atoms with Gasteiger partial charge in [0.1, 0.15) is 17.4 Å². The fourth-order valence-corrected chi connectivity index (χ4v) is 3.17. The number of carbonyl (C=O) groups excluding carboxylic acids is 1. The molecule has 0 aliphatic carbocycles. The second-order valence-corrected chi connectivity index (χ2v) is 6.70. The van der Waals surface area contributed by atoms with Crippen LogP contribution in [0.3, 0.4) is 0 Å². The van der Waals surface area contributed by atoms with Gasteiger partial charge in [-0.25, -0.2) is 4.79 Å². The summed E-state index contributed by atoms with van der Waals surface area (Å²) in [6, 6.07) is 5.53. The van der Waals surface area contributed by atoms with E-state index >= 15 is 0 Å². The molecular weight excluding hydrogens is 278 g/mol. The van der Waals surface area contributed by atoms with Gasteiger partial charge in [0.2, 0.25) is 0 Å². The van der Waals surface area contributed by atoms with E-state index in [2.05, 4.69) is 33.8 Å². The second kappa shape index (κ2) is 5.64.